The third-order valence-corrected chi connectivity index (χ3v) is 4.63. The van der Waals surface area contributed by atoms with E-state index < -0.39 is 0 Å². The van der Waals surface area contributed by atoms with Gasteiger partial charge in [-0.3, -0.25) is 9.59 Å². The summed E-state index contributed by atoms with van der Waals surface area (Å²) in [4.78, 5) is 20.8. The van der Waals surface area contributed by atoms with Crippen LogP contribution in [0, 0.1) is 0 Å². The number of unbranched alkanes of at least 4 members (excludes halogenated alkanes) is 4. The number of rotatable bonds is 7. The van der Waals surface area contributed by atoms with E-state index in [1.807, 2.05) is 0 Å². The second kappa shape index (κ2) is 9.87. The minimum Gasteiger partial charge on any atom is -0.483 e. The van der Waals surface area contributed by atoms with Gasteiger partial charge in [-0.15, -0.1) is 0 Å². The van der Waals surface area contributed by atoms with Crippen molar-refractivity contribution < 1.29 is 14.7 Å². The molecule has 0 bridgehead atoms. The Labute approximate surface area is 149 Å². The topological polar surface area (TPSA) is 71.3 Å². The van der Waals surface area contributed by atoms with Gasteiger partial charge in [0.25, 0.3) is 12.4 Å². The van der Waals surface area contributed by atoms with Crippen molar-refractivity contribution in [2.75, 3.05) is 6.54 Å². The fraction of sp³-hybridized carbons (Fsp3) is 0.500. The first-order valence-electron chi connectivity index (χ1n) is 9.20. The van der Waals surface area contributed by atoms with Gasteiger partial charge in [0, 0.05) is 18.5 Å². The van der Waals surface area contributed by atoms with E-state index in [1.54, 1.807) is 0 Å². The first kappa shape index (κ1) is 19.0. The molecule has 1 aromatic heterocycles. The van der Waals surface area contributed by atoms with Crippen molar-refractivity contribution in [2.45, 2.75) is 58.4 Å². The van der Waals surface area contributed by atoms with Crippen molar-refractivity contribution in [2.24, 2.45) is 0 Å². The van der Waals surface area contributed by atoms with Gasteiger partial charge in [-0.05, 0) is 30.9 Å². The predicted molar refractivity (Wildman–Crippen MR) is 100 cm³/mol. The maximum Gasteiger partial charge on any atom is 0.290 e. The highest BCUT2D eigenvalue weighted by molar-refractivity contribution is 5.99. The van der Waals surface area contributed by atoms with Gasteiger partial charge in [0.15, 0.2) is 0 Å². The van der Waals surface area contributed by atoms with Crippen LogP contribution in [0.5, 0.6) is 0 Å². The van der Waals surface area contributed by atoms with E-state index in [0.29, 0.717) is 0 Å². The molecule has 0 spiro atoms. The molecule has 2 N–H and O–H groups in total. The highest BCUT2D eigenvalue weighted by atomic mass is 16.3. The average Bonchev–Trinajstić information content (AvgIpc) is 3.00. The molecule has 1 amide bonds. The SMILES string of the molecule is CCCCCCCNC(=O)c1cc2cccc3c2n1CCC3.O=CO. The Morgan fingerprint density at radius 3 is 2.80 bits per heavy atom. The molecule has 0 atom stereocenters. The number of para-hydroxylation sites is 1. The van der Waals surface area contributed by atoms with Gasteiger partial charge in [-0.1, -0.05) is 50.8 Å². The van der Waals surface area contributed by atoms with Gasteiger partial charge in [0.1, 0.15) is 5.69 Å². The van der Waals surface area contributed by atoms with Gasteiger partial charge < -0.3 is 15.0 Å². The molecule has 1 aromatic carbocycles. The first-order chi connectivity index (χ1) is 12.2. The molecule has 0 unspecified atom stereocenters. The smallest absolute Gasteiger partial charge is 0.290 e. The average molecular weight is 344 g/mol. The molecule has 5 heteroatoms. The molecule has 0 saturated heterocycles. The number of aryl methyl sites for hydroxylation is 2. The zero-order valence-corrected chi connectivity index (χ0v) is 15.0. The van der Waals surface area contributed by atoms with E-state index in [0.717, 1.165) is 38.0 Å². The standard InChI is InChI=1S/C19H26N2O.CH2O2/c1-2-3-4-5-6-12-20-19(22)17-14-16-10-7-9-15-11-8-13-21(17)18(15)16;2-1-3/h7,9-10,14H,2-6,8,11-13H2,1H3,(H,20,22);1H,(H,2,3). The summed E-state index contributed by atoms with van der Waals surface area (Å²) in [6.07, 6.45) is 8.37. The minimum atomic E-state index is -0.250. The number of carboxylic acid groups (broad SMARTS) is 1. The molecule has 0 aliphatic carbocycles. The summed E-state index contributed by atoms with van der Waals surface area (Å²) >= 11 is 0. The van der Waals surface area contributed by atoms with Crippen LogP contribution in [0.3, 0.4) is 0 Å². The van der Waals surface area contributed by atoms with E-state index in [-0.39, 0.29) is 12.4 Å². The zero-order chi connectivity index (χ0) is 18.1. The summed E-state index contributed by atoms with van der Waals surface area (Å²) in [7, 11) is 0. The Bertz CT molecular complexity index is 706. The number of aromatic nitrogens is 1. The lowest BCUT2D eigenvalue weighted by Gasteiger charge is -2.17. The summed E-state index contributed by atoms with van der Waals surface area (Å²) in [5, 5.41) is 11.2. The van der Waals surface area contributed by atoms with Crippen LogP contribution >= 0.6 is 0 Å². The first-order valence-corrected chi connectivity index (χ1v) is 9.20. The number of benzene rings is 1. The number of nitrogens with zero attached hydrogens (tertiary/aromatic N) is 1. The van der Waals surface area contributed by atoms with Crippen LogP contribution in [0.25, 0.3) is 10.9 Å². The summed E-state index contributed by atoms with van der Waals surface area (Å²) in [6.45, 7) is 3.72. The van der Waals surface area contributed by atoms with Crippen LogP contribution in [0.15, 0.2) is 24.3 Å². The monoisotopic (exact) mass is 344 g/mol. The normalized spacial score (nSPS) is 12.4. The molecule has 0 fully saturated rings. The molecule has 1 aliphatic heterocycles. The van der Waals surface area contributed by atoms with Gasteiger partial charge in [0.05, 0.1) is 5.52 Å². The van der Waals surface area contributed by atoms with Crippen molar-refractivity contribution in [1.29, 1.82) is 0 Å². The maximum absolute atomic E-state index is 12.5. The van der Waals surface area contributed by atoms with E-state index in [4.69, 9.17) is 9.90 Å². The van der Waals surface area contributed by atoms with Crippen LogP contribution in [0.2, 0.25) is 0 Å². The Morgan fingerprint density at radius 2 is 2.04 bits per heavy atom. The molecule has 5 nitrogen and oxygen atoms in total. The van der Waals surface area contributed by atoms with Gasteiger partial charge >= 0.3 is 0 Å². The molecule has 2 aromatic rings. The van der Waals surface area contributed by atoms with Crippen LogP contribution in [0.1, 0.15) is 61.5 Å². The maximum atomic E-state index is 12.5. The predicted octanol–water partition coefficient (Wildman–Crippen LogP) is 3.99. The summed E-state index contributed by atoms with van der Waals surface area (Å²) in [5.41, 5.74) is 3.47. The van der Waals surface area contributed by atoms with E-state index in [9.17, 15) is 4.79 Å². The lowest BCUT2D eigenvalue weighted by molar-refractivity contribution is -0.122. The zero-order valence-electron chi connectivity index (χ0n) is 15.0. The molecule has 1 aliphatic rings. The number of carbonyl (C=O) groups excluding carboxylic acids is 1. The number of nitrogens with one attached hydrogen (secondary N) is 1. The summed E-state index contributed by atoms with van der Waals surface area (Å²) < 4.78 is 2.21. The summed E-state index contributed by atoms with van der Waals surface area (Å²) in [6, 6.07) is 8.45. The molecule has 0 radical (unpaired) electrons. The highest BCUT2D eigenvalue weighted by Gasteiger charge is 2.19. The third kappa shape index (κ3) is 4.84. The molecular weight excluding hydrogens is 316 g/mol. The lowest BCUT2D eigenvalue weighted by atomic mass is 10.0. The number of hydrogen-bond donors (Lipinski definition) is 2. The molecule has 3 rings (SSSR count). The van der Waals surface area contributed by atoms with E-state index in [1.165, 1.54) is 42.1 Å². The molecule has 136 valence electrons. The van der Waals surface area contributed by atoms with Gasteiger partial charge in [-0.2, -0.15) is 0 Å². The molecule has 25 heavy (non-hydrogen) atoms. The Morgan fingerprint density at radius 1 is 1.28 bits per heavy atom. The number of hydrogen-bond acceptors (Lipinski definition) is 2. The van der Waals surface area contributed by atoms with Crippen LogP contribution in [0.4, 0.5) is 0 Å². The van der Waals surface area contributed by atoms with Gasteiger partial charge in [0.2, 0.25) is 0 Å². The van der Waals surface area contributed by atoms with Crippen LogP contribution in [-0.4, -0.2) is 28.6 Å². The second-order valence-corrected chi connectivity index (χ2v) is 6.42. The molecular formula is C20H28N2O3. The third-order valence-electron chi connectivity index (χ3n) is 4.63. The summed E-state index contributed by atoms with van der Waals surface area (Å²) in [5.74, 6) is 0.0829. The van der Waals surface area contributed by atoms with Crippen molar-refractivity contribution >= 4 is 23.3 Å². The van der Waals surface area contributed by atoms with Crippen molar-refractivity contribution in [1.82, 2.24) is 9.88 Å². The minimum absolute atomic E-state index is 0.0829. The fourth-order valence-corrected chi connectivity index (χ4v) is 3.47. The van der Waals surface area contributed by atoms with Crippen LogP contribution < -0.4 is 5.32 Å². The molecule has 0 saturated carbocycles. The number of amides is 1. The van der Waals surface area contributed by atoms with E-state index in [2.05, 4.69) is 41.1 Å². The largest absolute Gasteiger partial charge is 0.483 e. The van der Waals surface area contributed by atoms with Crippen molar-refractivity contribution in [3.63, 3.8) is 0 Å². The second-order valence-electron chi connectivity index (χ2n) is 6.42. The Balaban J connectivity index is 0.000000701. The highest BCUT2D eigenvalue weighted by Crippen LogP contribution is 2.28. The lowest BCUT2D eigenvalue weighted by Crippen LogP contribution is -2.27. The van der Waals surface area contributed by atoms with Gasteiger partial charge in [-0.25, -0.2) is 0 Å². The van der Waals surface area contributed by atoms with Crippen LogP contribution in [-0.2, 0) is 17.8 Å². The molecule has 2 heterocycles. The fourth-order valence-electron chi connectivity index (χ4n) is 3.47. The van der Waals surface area contributed by atoms with Crippen molar-refractivity contribution in [3.8, 4) is 0 Å². The Kier molecular flexibility index (Phi) is 7.51. The van der Waals surface area contributed by atoms with Crippen molar-refractivity contribution in [3.05, 3.63) is 35.5 Å². The van der Waals surface area contributed by atoms with E-state index >= 15 is 0 Å². The quantitative estimate of drug-likeness (QED) is 0.589. The number of carbonyl (C=O) groups is 2. The Hall–Kier alpha value is -2.30.